The number of nitrogens with zero attached hydrogens (tertiary/aromatic N) is 3. The maximum atomic E-state index is 12.4. The van der Waals surface area contributed by atoms with Gasteiger partial charge in [0, 0.05) is 17.5 Å². The third-order valence-corrected chi connectivity index (χ3v) is 6.62. The minimum absolute atomic E-state index is 0.120. The van der Waals surface area contributed by atoms with Crippen molar-refractivity contribution in [2.24, 2.45) is 7.05 Å². The molecule has 29 heavy (non-hydrogen) atoms. The number of carbonyl (C=O) groups excluding carboxylic acids is 2. The van der Waals surface area contributed by atoms with Crippen molar-refractivity contribution in [3.8, 4) is 11.4 Å². The molecule has 0 fully saturated rings. The molecule has 10 heteroatoms. The molecule has 152 valence electrons. The topological polar surface area (TPSA) is 86.1 Å². The van der Waals surface area contributed by atoms with Gasteiger partial charge in [0.2, 0.25) is 5.91 Å². The van der Waals surface area contributed by atoms with E-state index in [-0.39, 0.29) is 11.7 Å². The highest BCUT2D eigenvalue weighted by atomic mass is 35.5. The Labute approximate surface area is 181 Å². The van der Waals surface area contributed by atoms with Crippen molar-refractivity contribution in [1.82, 2.24) is 14.8 Å². The van der Waals surface area contributed by atoms with E-state index < -0.39 is 5.97 Å². The summed E-state index contributed by atoms with van der Waals surface area (Å²) in [5, 5.41) is 12.8. The molecule has 0 saturated heterocycles. The number of ether oxygens (including phenoxy) is 1. The molecule has 1 aromatic carbocycles. The Hall–Kier alpha value is -2.36. The van der Waals surface area contributed by atoms with Crippen molar-refractivity contribution in [3.63, 3.8) is 0 Å². The van der Waals surface area contributed by atoms with Crippen molar-refractivity contribution < 1.29 is 14.3 Å². The Morgan fingerprint density at radius 1 is 1.31 bits per heavy atom. The Balaban J connectivity index is 1.69. The lowest BCUT2D eigenvalue weighted by molar-refractivity contribution is -0.113. The first kappa shape index (κ1) is 21.4. The van der Waals surface area contributed by atoms with Crippen molar-refractivity contribution >= 4 is 51.6 Å². The number of halogens is 1. The van der Waals surface area contributed by atoms with Gasteiger partial charge in [0.1, 0.15) is 5.00 Å². The number of anilines is 1. The third-order valence-electron chi connectivity index (χ3n) is 4.07. The maximum absolute atomic E-state index is 12.4. The quantitative estimate of drug-likeness (QED) is 0.427. The molecule has 1 N–H and O–H groups in total. The van der Waals surface area contributed by atoms with Crippen LogP contribution in [-0.4, -0.2) is 39.5 Å². The fraction of sp³-hybridized carbons (Fsp3) is 0.263. The molecule has 0 aliphatic rings. The number of aryl methyl sites for hydroxylation is 1. The summed E-state index contributed by atoms with van der Waals surface area (Å²) in [5.74, 6) is 0.0277. The number of methoxy groups -OCH3 is 1. The van der Waals surface area contributed by atoms with E-state index in [1.165, 1.54) is 30.2 Å². The average Bonchev–Trinajstić information content (AvgIpc) is 3.29. The number of aromatic nitrogens is 3. The lowest BCUT2D eigenvalue weighted by Crippen LogP contribution is -2.16. The first-order chi connectivity index (χ1) is 13.9. The van der Waals surface area contributed by atoms with Gasteiger partial charge in [-0.05, 0) is 24.6 Å². The average molecular weight is 451 g/mol. The summed E-state index contributed by atoms with van der Waals surface area (Å²) in [5.41, 5.74) is 1.14. The molecule has 7 nitrogen and oxygen atoms in total. The molecule has 0 spiro atoms. The third kappa shape index (κ3) is 4.80. The number of esters is 1. The largest absolute Gasteiger partial charge is 0.465 e. The van der Waals surface area contributed by atoms with Crippen molar-refractivity contribution in [2.45, 2.75) is 18.5 Å². The molecular weight excluding hydrogens is 432 g/mol. The number of nitrogens with one attached hydrogen (secondary N) is 1. The van der Waals surface area contributed by atoms with Crippen LogP contribution in [0.3, 0.4) is 0 Å². The number of rotatable bonds is 7. The highest BCUT2D eigenvalue weighted by molar-refractivity contribution is 7.99. The van der Waals surface area contributed by atoms with Crippen LogP contribution in [0.1, 0.15) is 22.2 Å². The van der Waals surface area contributed by atoms with Gasteiger partial charge >= 0.3 is 5.97 Å². The van der Waals surface area contributed by atoms with E-state index in [1.807, 2.05) is 32.2 Å². The number of benzene rings is 1. The van der Waals surface area contributed by atoms with E-state index in [0.717, 1.165) is 16.9 Å². The van der Waals surface area contributed by atoms with Crippen molar-refractivity contribution in [1.29, 1.82) is 0 Å². The number of thioether (sulfide) groups is 1. The Kier molecular flexibility index (Phi) is 6.94. The van der Waals surface area contributed by atoms with Crippen LogP contribution in [0.25, 0.3) is 11.4 Å². The molecule has 0 saturated carbocycles. The van der Waals surface area contributed by atoms with E-state index in [2.05, 4.69) is 15.5 Å². The monoisotopic (exact) mass is 450 g/mol. The van der Waals surface area contributed by atoms with Crippen molar-refractivity contribution in [2.75, 3.05) is 18.2 Å². The first-order valence-electron chi connectivity index (χ1n) is 8.72. The first-order valence-corrected chi connectivity index (χ1v) is 10.9. The summed E-state index contributed by atoms with van der Waals surface area (Å²) in [4.78, 5) is 25.4. The molecule has 0 atom stereocenters. The molecule has 1 amide bonds. The van der Waals surface area contributed by atoms with Gasteiger partial charge in [-0.15, -0.1) is 21.5 Å². The summed E-state index contributed by atoms with van der Waals surface area (Å²) < 4.78 is 6.59. The van der Waals surface area contributed by atoms with Gasteiger partial charge in [0.15, 0.2) is 11.0 Å². The van der Waals surface area contributed by atoms with Crippen LogP contribution in [0.4, 0.5) is 5.00 Å². The van der Waals surface area contributed by atoms with Gasteiger partial charge in [0.05, 0.1) is 23.4 Å². The second kappa shape index (κ2) is 9.43. The van der Waals surface area contributed by atoms with Crippen molar-refractivity contribution in [3.05, 3.63) is 45.8 Å². The Bertz CT molecular complexity index is 1050. The zero-order chi connectivity index (χ0) is 21.0. The van der Waals surface area contributed by atoms with Crippen LogP contribution in [-0.2, 0) is 23.0 Å². The normalized spacial score (nSPS) is 10.8. The molecule has 0 bridgehead atoms. The van der Waals surface area contributed by atoms with E-state index in [1.54, 1.807) is 16.7 Å². The summed E-state index contributed by atoms with van der Waals surface area (Å²) in [6, 6.07) is 9.12. The zero-order valence-electron chi connectivity index (χ0n) is 16.1. The van der Waals surface area contributed by atoms with Crippen LogP contribution in [0.5, 0.6) is 0 Å². The van der Waals surface area contributed by atoms with Gasteiger partial charge in [0.25, 0.3) is 0 Å². The summed E-state index contributed by atoms with van der Waals surface area (Å²) >= 11 is 8.86. The number of amides is 1. The van der Waals surface area contributed by atoms with Gasteiger partial charge in [-0.2, -0.15) is 0 Å². The molecule has 3 rings (SSSR count). The van der Waals surface area contributed by atoms with E-state index in [9.17, 15) is 9.59 Å². The van der Waals surface area contributed by atoms with Crippen LogP contribution >= 0.6 is 34.7 Å². The molecule has 0 aliphatic carbocycles. The van der Waals surface area contributed by atoms with E-state index in [0.29, 0.717) is 26.6 Å². The predicted molar refractivity (Wildman–Crippen MR) is 116 cm³/mol. The lowest BCUT2D eigenvalue weighted by atomic mass is 10.2. The van der Waals surface area contributed by atoms with E-state index in [4.69, 9.17) is 16.3 Å². The van der Waals surface area contributed by atoms with E-state index >= 15 is 0 Å². The summed E-state index contributed by atoms with van der Waals surface area (Å²) in [6.07, 6.45) is 0.767. The lowest BCUT2D eigenvalue weighted by Gasteiger charge is -2.06. The molecule has 2 aromatic heterocycles. The second-order valence-corrected chi connectivity index (χ2v) is 8.47. The molecular formula is C19H19ClN4O3S2. The minimum Gasteiger partial charge on any atom is -0.465 e. The molecule has 3 aromatic rings. The Morgan fingerprint density at radius 2 is 2.07 bits per heavy atom. The SMILES string of the molecule is CCc1cc(C(=O)OC)c(NC(=O)CSc2nnc(-c3ccccc3Cl)n2C)s1. The number of hydrogen-bond donors (Lipinski definition) is 1. The summed E-state index contributed by atoms with van der Waals surface area (Å²) in [6.45, 7) is 1.99. The molecule has 0 unspecified atom stereocenters. The summed E-state index contributed by atoms with van der Waals surface area (Å²) in [7, 11) is 3.14. The fourth-order valence-corrected chi connectivity index (χ4v) is 4.51. The van der Waals surface area contributed by atoms with Crippen LogP contribution < -0.4 is 5.32 Å². The van der Waals surface area contributed by atoms with Crippen LogP contribution in [0.2, 0.25) is 5.02 Å². The van der Waals surface area contributed by atoms with Crippen LogP contribution in [0, 0.1) is 0 Å². The van der Waals surface area contributed by atoms with Gasteiger partial charge in [-0.3, -0.25) is 4.79 Å². The molecule has 2 heterocycles. The van der Waals surface area contributed by atoms with Crippen LogP contribution in [0.15, 0.2) is 35.5 Å². The van der Waals surface area contributed by atoms with Gasteiger partial charge < -0.3 is 14.6 Å². The standard InChI is InChI=1S/C19H19ClN4O3S2/c1-4-11-9-13(18(26)27-3)17(29-11)21-15(25)10-28-19-23-22-16(24(19)2)12-7-5-6-8-14(12)20/h5-9H,4,10H2,1-3H3,(H,21,25). The predicted octanol–water partition coefficient (Wildman–Crippen LogP) is 4.28. The maximum Gasteiger partial charge on any atom is 0.340 e. The second-order valence-electron chi connectivity index (χ2n) is 5.98. The Morgan fingerprint density at radius 3 is 2.76 bits per heavy atom. The van der Waals surface area contributed by atoms with Gasteiger partial charge in [-0.25, -0.2) is 4.79 Å². The minimum atomic E-state index is -0.471. The van der Waals surface area contributed by atoms with Gasteiger partial charge in [-0.1, -0.05) is 42.4 Å². The molecule has 0 aliphatic heterocycles. The number of carbonyl (C=O) groups is 2. The smallest absolute Gasteiger partial charge is 0.340 e. The fourth-order valence-electron chi connectivity index (χ4n) is 2.58. The number of hydrogen-bond acceptors (Lipinski definition) is 7. The zero-order valence-corrected chi connectivity index (χ0v) is 18.5. The highest BCUT2D eigenvalue weighted by Crippen LogP contribution is 2.30. The highest BCUT2D eigenvalue weighted by Gasteiger charge is 2.19. The number of thiophene rings is 1. The molecule has 0 radical (unpaired) electrons.